The summed E-state index contributed by atoms with van der Waals surface area (Å²) in [7, 11) is 0. The Morgan fingerprint density at radius 3 is 2.16 bits per heavy atom. The summed E-state index contributed by atoms with van der Waals surface area (Å²) in [4.78, 5) is 11.4. The van der Waals surface area contributed by atoms with Gasteiger partial charge in [-0.25, -0.2) is 0 Å². The van der Waals surface area contributed by atoms with Crippen LogP contribution in [-0.4, -0.2) is 17.4 Å². The van der Waals surface area contributed by atoms with Crippen LogP contribution in [0.3, 0.4) is 0 Å². The smallest absolute Gasteiger partial charge is 0.170 e. The first kappa shape index (κ1) is 21.6. The second-order valence-electron chi connectivity index (χ2n) is 6.70. The number of carbonyl (C=O) groups is 1. The number of rotatable bonds is 13. The molecular formula is C21H34N2OS. The molecule has 0 aliphatic heterocycles. The fraction of sp³-hybridized carbons (Fsp3) is 0.619. The molecule has 0 radical (unpaired) electrons. The Morgan fingerprint density at radius 2 is 1.56 bits per heavy atom. The molecule has 3 nitrogen and oxygen atoms in total. The second-order valence-corrected chi connectivity index (χ2v) is 7.11. The Kier molecular flexibility index (Phi) is 12.0. The van der Waals surface area contributed by atoms with Crippen molar-refractivity contribution in [2.24, 2.45) is 0 Å². The zero-order chi connectivity index (χ0) is 18.3. The Balaban J connectivity index is 2.02. The minimum Gasteiger partial charge on any atom is -0.362 e. The van der Waals surface area contributed by atoms with Crippen molar-refractivity contribution < 1.29 is 4.79 Å². The Morgan fingerprint density at radius 1 is 0.960 bits per heavy atom. The average molecular weight is 363 g/mol. The molecule has 4 heteroatoms. The summed E-state index contributed by atoms with van der Waals surface area (Å²) in [5.41, 5.74) is 1.55. The molecule has 0 aliphatic carbocycles. The van der Waals surface area contributed by atoms with E-state index in [4.69, 9.17) is 12.2 Å². The summed E-state index contributed by atoms with van der Waals surface area (Å²) < 4.78 is 0. The highest BCUT2D eigenvalue weighted by Crippen LogP contribution is 2.12. The summed E-state index contributed by atoms with van der Waals surface area (Å²) >= 11 is 5.31. The maximum Gasteiger partial charge on any atom is 0.170 e. The molecule has 0 aliphatic rings. The number of Topliss-reactive ketones (excluding diaryl/α,β-unsaturated/α-hetero) is 1. The zero-order valence-electron chi connectivity index (χ0n) is 15.9. The fourth-order valence-electron chi connectivity index (χ4n) is 2.81. The Bertz CT molecular complexity index is 516. The van der Waals surface area contributed by atoms with E-state index in [-0.39, 0.29) is 5.78 Å². The van der Waals surface area contributed by atoms with E-state index in [9.17, 15) is 4.79 Å². The van der Waals surface area contributed by atoms with Gasteiger partial charge in [0.05, 0.1) is 0 Å². The lowest BCUT2D eigenvalue weighted by atomic mass is 10.1. The largest absolute Gasteiger partial charge is 0.362 e. The lowest BCUT2D eigenvalue weighted by Gasteiger charge is -2.11. The molecule has 0 saturated heterocycles. The summed E-state index contributed by atoms with van der Waals surface area (Å²) in [6, 6.07) is 7.43. The number of nitrogens with one attached hydrogen (secondary N) is 2. The van der Waals surface area contributed by atoms with Crippen LogP contribution >= 0.6 is 12.2 Å². The first-order chi connectivity index (χ1) is 12.1. The van der Waals surface area contributed by atoms with Gasteiger partial charge in [-0.2, -0.15) is 0 Å². The molecule has 0 aromatic heterocycles. The summed E-state index contributed by atoms with van der Waals surface area (Å²) in [5.74, 6) is 0.0629. The SMILES string of the molecule is CCCCCCCCCCCCNC(=S)Nc1cccc(C(C)=O)c1. The van der Waals surface area contributed by atoms with Crippen molar-refractivity contribution >= 4 is 28.8 Å². The van der Waals surface area contributed by atoms with Crippen LogP contribution in [0.4, 0.5) is 5.69 Å². The molecule has 0 fully saturated rings. The highest BCUT2D eigenvalue weighted by Gasteiger charge is 2.02. The third kappa shape index (κ3) is 10.9. The normalized spacial score (nSPS) is 10.5. The van der Waals surface area contributed by atoms with Crippen LogP contribution in [0.1, 0.15) is 88.4 Å². The molecule has 0 atom stereocenters. The van der Waals surface area contributed by atoms with Gasteiger partial charge in [-0.15, -0.1) is 0 Å². The van der Waals surface area contributed by atoms with Crippen molar-refractivity contribution in [2.45, 2.75) is 78.1 Å². The number of hydrogen-bond donors (Lipinski definition) is 2. The molecule has 1 rings (SSSR count). The van der Waals surface area contributed by atoms with Gasteiger partial charge in [-0.05, 0) is 37.7 Å². The molecule has 0 saturated carbocycles. The van der Waals surface area contributed by atoms with E-state index in [2.05, 4.69) is 17.6 Å². The molecule has 0 heterocycles. The molecule has 1 aromatic carbocycles. The number of unbranched alkanes of at least 4 members (excludes halogenated alkanes) is 9. The maximum absolute atomic E-state index is 11.4. The third-order valence-electron chi connectivity index (χ3n) is 4.34. The Hall–Kier alpha value is -1.42. The Labute approximate surface area is 159 Å². The number of carbonyl (C=O) groups excluding carboxylic acids is 1. The molecule has 0 bridgehead atoms. The van der Waals surface area contributed by atoms with Gasteiger partial charge in [-0.1, -0.05) is 76.8 Å². The van der Waals surface area contributed by atoms with Crippen LogP contribution in [0.25, 0.3) is 0 Å². The van der Waals surface area contributed by atoms with E-state index >= 15 is 0 Å². The minimum atomic E-state index is 0.0629. The van der Waals surface area contributed by atoms with Crippen LogP contribution in [-0.2, 0) is 0 Å². The van der Waals surface area contributed by atoms with Crippen molar-refractivity contribution in [1.29, 1.82) is 0 Å². The summed E-state index contributed by atoms with van der Waals surface area (Å²) in [6.45, 7) is 4.73. The minimum absolute atomic E-state index is 0.0629. The molecule has 0 amide bonds. The van der Waals surface area contributed by atoms with Crippen molar-refractivity contribution in [3.63, 3.8) is 0 Å². The van der Waals surface area contributed by atoms with E-state index in [1.54, 1.807) is 6.92 Å². The molecule has 1 aromatic rings. The standard InChI is InChI=1S/C21H34N2OS/c1-3-4-5-6-7-8-9-10-11-12-16-22-21(25)23-20-15-13-14-19(17-20)18(2)24/h13-15,17H,3-12,16H2,1-2H3,(H2,22,23,25). The molecule has 0 spiro atoms. The van der Waals surface area contributed by atoms with E-state index < -0.39 is 0 Å². The number of anilines is 1. The van der Waals surface area contributed by atoms with Crippen LogP contribution < -0.4 is 10.6 Å². The average Bonchev–Trinajstić information content (AvgIpc) is 2.60. The molecular weight excluding hydrogens is 328 g/mol. The zero-order valence-corrected chi connectivity index (χ0v) is 16.7. The van der Waals surface area contributed by atoms with Gasteiger partial charge >= 0.3 is 0 Å². The van der Waals surface area contributed by atoms with E-state index in [0.29, 0.717) is 10.7 Å². The monoisotopic (exact) mass is 362 g/mol. The van der Waals surface area contributed by atoms with Gasteiger partial charge in [0, 0.05) is 17.8 Å². The molecule has 0 unspecified atom stereocenters. The van der Waals surface area contributed by atoms with Crippen molar-refractivity contribution in [1.82, 2.24) is 5.32 Å². The highest BCUT2D eigenvalue weighted by molar-refractivity contribution is 7.80. The first-order valence-corrected chi connectivity index (χ1v) is 10.2. The van der Waals surface area contributed by atoms with Gasteiger partial charge in [-0.3, -0.25) is 4.79 Å². The van der Waals surface area contributed by atoms with Crippen LogP contribution in [0.5, 0.6) is 0 Å². The van der Waals surface area contributed by atoms with Crippen LogP contribution in [0.2, 0.25) is 0 Å². The van der Waals surface area contributed by atoms with Crippen LogP contribution in [0, 0.1) is 0 Å². The van der Waals surface area contributed by atoms with Gasteiger partial charge < -0.3 is 10.6 Å². The fourth-order valence-corrected chi connectivity index (χ4v) is 3.03. The summed E-state index contributed by atoms with van der Waals surface area (Å²) in [5, 5.41) is 7.00. The van der Waals surface area contributed by atoms with Crippen molar-refractivity contribution in [2.75, 3.05) is 11.9 Å². The van der Waals surface area contributed by atoms with Crippen LogP contribution in [0.15, 0.2) is 24.3 Å². The van der Waals surface area contributed by atoms with Crippen molar-refractivity contribution in [3.05, 3.63) is 29.8 Å². The predicted molar refractivity (Wildman–Crippen MR) is 113 cm³/mol. The van der Waals surface area contributed by atoms with E-state index in [1.807, 2.05) is 24.3 Å². The maximum atomic E-state index is 11.4. The predicted octanol–water partition coefficient (Wildman–Crippen LogP) is 6.10. The van der Waals surface area contributed by atoms with E-state index in [0.717, 1.165) is 18.7 Å². The molecule has 25 heavy (non-hydrogen) atoms. The quantitative estimate of drug-likeness (QED) is 0.253. The molecule has 140 valence electrons. The summed E-state index contributed by atoms with van der Waals surface area (Å²) in [6.07, 6.45) is 13.4. The number of hydrogen-bond acceptors (Lipinski definition) is 2. The van der Waals surface area contributed by atoms with Gasteiger partial charge in [0.1, 0.15) is 0 Å². The number of thiocarbonyl (C=S) groups is 1. The first-order valence-electron chi connectivity index (χ1n) is 9.79. The third-order valence-corrected chi connectivity index (χ3v) is 4.59. The van der Waals surface area contributed by atoms with Gasteiger partial charge in [0.25, 0.3) is 0 Å². The van der Waals surface area contributed by atoms with E-state index in [1.165, 1.54) is 57.8 Å². The lowest BCUT2D eigenvalue weighted by molar-refractivity contribution is 0.101. The highest BCUT2D eigenvalue weighted by atomic mass is 32.1. The topological polar surface area (TPSA) is 41.1 Å². The van der Waals surface area contributed by atoms with Gasteiger partial charge in [0.2, 0.25) is 0 Å². The van der Waals surface area contributed by atoms with Gasteiger partial charge in [0.15, 0.2) is 10.9 Å². The molecule has 2 N–H and O–H groups in total. The second kappa shape index (κ2) is 13.8. The number of benzene rings is 1. The number of ketones is 1. The van der Waals surface area contributed by atoms with Crippen molar-refractivity contribution in [3.8, 4) is 0 Å². The lowest BCUT2D eigenvalue weighted by Crippen LogP contribution is -2.29.